The van der Waals surface area contributed by atoms with Gasteiger partial charge in [-0.2, -0.15) is 0 Å². The number of amides is 1. The van der Waals surface area contributed by atoms with Gasteiger partial charge in [0.15, 0.2) is 0 Å². The van der Waals surface area contributed by atoms with Crippen molar-refractivity contribution in [1.29, 1.82) is 0 Å². The Morgan fingerprint density at radius 2 is 1.89 bits per heavy atom. The van der Waals surface area contributed by atoms with E-state index in [0.29, 0.717) is 38.4 Å². The van der Waals surface area contributed by atoms with Gasteiger partial charge in [-0.15, -0.1) is 0 Å². The second-order valence-electron chi connectivity index (χ2n) is 8.06. The number of nitrogen functional groups attached to an aromatic ring is 1. The number of nitrogens with two attached hydrogens (primary N) is 1. The Bertz CT molecular complexity index is 817. The first kappa shape index (κ1) is 19.9. The van der Waals surface area contributed by atoms with E-state index in [2.05, 4.69) is 10.2 Å². The Labute approximate surface area is 166 Å². The van der Waals surface area contributed by atoms with E-state index in [-0.39, 0.29) is 6.09 Å². The van der Waals surface area contributed by atoms with Crippen molar-refractivity contribution in [2.75, 3.05) is 42.1 Å². The minimum absolute atomic E-state index is 0.260. The summed E-state index contributed by atoms with van der Waals surface area (Å²) in [6, 6.07) is 9.87. The van der Waals surface area contributed by atoms with Crippen LogP contribution in [0, 0.1) is 6.92 Å². The maximum atomic E-state index is 12.2. The number of nitrogens with one attached hydrogen (secondary N) is 1. The number of piperazine rings is 1. The third-order valence-corrected chi connectivity index (χ3v) is 4.60. The number of carbonyl (C=O) groups excluding carboxylic acids is 1. The maximum Gasteiger partial charge on any atom is 0.410 e. The van der Waals surface area contributed by atoms with Crippen molar-refractivity contribution in [2.45, 2.75) is 39.8 Å². The summed E-state index contributed by atoms with van der Waals surface area (Å²) in [6.07, 6.45) is -0.260. The minimum atomic E-state index is -0.481. The minimum Gasteiger partial charge on any atom is -0.465 e. The Kier molecular flexibility index (Phi) is 5.72. The lowest BCUT2D eigenvalue weighted by molar-refractivity contribution is 0.0240. The third kappa shape index (κ3) is 4.91. The van der Waals surface area contributed by atoms with Crippen LogP contribution in [-0.4, -0.2) is 42.8 Å². The van der Waals surface area contributed by atoms with E-state index in [1.165, 1.54) is 0 Å². The average molecular weight is 386 g/mol. The monoisotopic (exact) mass is 386 g/mol. The van der Waals surface area contributed by atoms with Gasteiger partial charge in [-0.1, -0.05) is 6.07 Å². The second kappa shape index (κ2) is 8.04. The molecule has 1 aromatic carbocycles. The van der Waals surface area contributed by atoms with Crippen LogP contribution in [0.25, 0.3) is 0 Å². The number of hydrogen-bond donors (Lipinski definition) is 2. The fourth-order valence-corrected chi connectivity index (χ4v) is 3.20. The van der Waals surface area contributed by atoms with Crippen LogP contribution in [-0.2, 0) is 11.3 Å². The molecule has 2 heterocycles. The lowest BCUT2D eigenvalue weighted by Gasteiger charge is -2.37. The van der Waals surface area contributed by atoms with Gasteiger partial charge in [0.2, 0.25) is 0 Å². The Hall–Kier alpha value is -2.83. The van der Waals surface area contributed by atoms with E-state index in [9.17, 15) is 4.79 Å². The van der Waals surface area contributed by atoms with Crippen molar-refractivity contribution < 1.29 is 13.9 Å². The summed E-state index contributed by atoms with van der Waals surface area (Å²) in [5.41, 5.74) is 8.50. The molecule has 1 fully saturated rings. The van der Waals surface area contributed by atoms with Crippen LogP contribution in [0.15, 0.2) is 34.7 Å². The molecule has 1 saturated heterocycles. The maximum absolute atomic E-state index is 12.2. The van der Waals surface area contributed by atoms with Crippen molar-refractivity contribution in [3.8, 4) is 0 Å². The van der Waals surface area contributed by atoms with E-state index in [0.717, 1.165) is 22.9 Å². The van der Waals surface area contributed by atoms with Gasteiger partial charge in [-0.3, -0.25) is 0 Å². The van der Waals surface area contributed by atoms with E-state index >= 15 is 0 Å². The Balaban J connectivity index is 1.61. The summed E-state index contributed by atoms with van der Waals surface area (Å²) < 4.78 is 11.1. The van der Waals surface area contributed by atoms with Gasteiger partial charge < -0.3 is 30.0 Å². The summed E-state index contributed by atoms with van der Waals surface area (Å²) in [6.45, 7) is 10.8. The number of hydrogen-bond acceptors (Lipinski definition) is 6. The van der Waals surface area contributed by atoms with Crippen LogP contribution < -0.4 is 16.0 Å². The second-order valence-corrected chi connectivity index (χ2v) is 8.06. The largest absolute Gasteiger partial charge is 0.465 e. The summed E-state index contributed by atoms with van der Waals surface area (Å²) in [7, 11) is 0. The molecule has 0 spiro atoms. The number of rotatable bonds is 4. The highest BCUT2D eigenvalue weighted by Gasteiger charge is 2.26. The number of para-hydroxylation sites is 1. The number of aryl methyl sites for hydroxylation is 1. The number of carbonyl (C=O) groups is 1. The van der Waals surface area contributed by atoms with Crippen LogP contribution in [0.2, 0.25) is 0 Å². The topological polar surface area (TPSA) is 84.0 Å². The summed E-state index contributed by atoms with van der Waals surface area (Å²) in [5, 5.41) is 3.34. The quantitative estimate of drug-likeness (QED) is 0.777. The van der Waals surface area contributed by atoms with Crippen LogP contribution in [0.3, 0.4) is 0 Å². The van der Waals surface area contributed by atoms with Crippen molar-refractivity contribution in [3.63, 3.8) is 0 Å². The highest BCUT2D eigenvalue weighted by atomic mass is 16.6. The lowest BCUT2D eigenvalue weighted by Crippen LogP contribution is -2.50. The van der Waals surface area contributed by atoms with Gasteiger partial charge in [-0.25, -0.2) is 4.79 Å². The van der Waals surface area contributed by atoms with Gasteiger partial charge in [0.05, 0.1) is 23.6 Å². The van der Waals surface area contributed by atoms with Crippen LogP contribution in [0.5, 0.6) is 0 Å². The molecule has 1 aliphatic rings. The van der Waals surface area contributed by atoms with Gasteiger partial charge in [0, 0.05) is 26.2 Å². The first-order chi connectivity index (χ1) is 13.2. The molecular weight excluding hydrogens is 356 g/mol. The zero-order chi connectivity index (χ0) is 20.3. The molecule has 7 heteroatoms. The predicted octanol–water partition coefficient (Wildman–Crippen LogP) is 3.84. The van der Waals surface area contributed by atoms with E-state index in [4.69, 9.17) is 14.9 Å². The standard InChI is InChI=1S/C21H30N4O3/c1-15-8-9-16(27-15)14-23-17-6-5-7-18(19(17)22)24-10-12-25(13-11-24)20(26)28-21(2,3)4/h5-9,23H,10-14,22H2,1-4H3. The Morgan fingerprint density at radius 1 is 1.18 bits per heavy atom. The van der Waals surface area contributed by atoms with Gasteiger partial charge in [-0.05, 0) is 52.0 Å². The molecule has 1 aliphatic heterocycles. The molecule has 0 aliphatic carbocycles. The van der Waals surface area contributed by atoms with Gasteiger partial charge >= 0.3 is 6.09 Å². The highest BCUT2D eigenvalue weighted by Crippen LogP contribution is 2.31. The molecule has 7 nitrogen and oxygen atoms in total. The zero-order valence-corrected chi connectivity index (χ0v) is 17.1. The summed E-state index contributed by atoms with van der Waals surface area (Å²) >= 11 is 0. The van der Waals surface area contributed by atoms with Crippen molar-refractivity contribution in [3.05, 3.63) is 41.9 Å². The first-order valence-electron chi connectivity index (χ1n) is 9.63. The molecule has 28 heavy (non-hydrogen) atoms. The SMILES string of the molecule is Cc1ccc(CNc2cccc(N3CCN(C(=O)OC(C)(C)C)CC3)c2N)o1. The first-order valence-corrected chi connectivity index (χ1v) is 9.63. The fraction of sp³-hybridized carbons (Fsp3) is 0.476. The van der Waals surface area contributed by atoms with Gasteiger partial charge in [0.1, 0.15) is 17.1 Å². The summed E-state index contributed by atoms with van der Waals surface area (Å²) in [4.78, 5) is 16.2. The molecule has 3 rings (SSSR count). The van der Waals surface area contributed by atoms with Crippen LogP contribution in [0.1, 0.15) is 32.3 Å². The van der Waals surface area contributed by atoms with E-state index < -0.39 is 5.60 Å². The van der Waals surface area contributed by atoms with Crippen molar-refractivity contribution in [2.24, 2.45) is 0 Å². The fourth-order valence-electron chi connectivity index (χ4n) is 3.20. The van der Waals surface area contributed by atoms with E-state index in [1.807, 2.05) is 58.0 Å². The highest BCUT2D eigenvalue weighted by molar-refractivity contribution is 5.81. The number of anilines is 3. The number of nitrogens with zero attached hydrogens (tertiary/aromatic N) is 2. The number of furan rings is 1. The van der Waals surface area contributed by atoms with E-state index in [1.54, 1.807) is 4.90 Å². The Morgan fingerprint density at radius 3 is 2.50 bits per heavy atom. The van der Waals surface area contributed by atoms with Gasteiger partial charge in [0.25, 0.3) is 0 Å². The molecule has 0 saturated carbocycles. The average Bonchev–Trinajstić information content (AvgIpc) is 3.05. The smallest absolute Gasteiger partial charge is 0.410 e. The van der Waals surface area contributed by atoms with Crippen molar-refractivity contribution in [1.82, 2.24) is 4.90 Å². The molecule has 1 aromatic heterocycles. The molecule has 2 aromatic rings. The number of benzene rings is 1. The molecule has 152 valence electrons. The molecule has 0 atom stereocenters. The predicted molar refractivity (Wildman–Crippen MR) is 112 cm³/mol. The molecule has 1 amide bonds. The molecule has 3 N–H and O–H groups in total. The lowest BCUT2D eigenvalue weighted by atomic mass is 10.2. The normalized spacial score (nSPS) is 14.9. The zero-order valence-electron chi connectivity index (χ0n) is 17.1. The number of ether oxygens (including phenoxy) is 1. The van der Waals surface area contributed by atoms with Crippen LogP contribution >= 0.6 is 0 Å². The van der Waals surface area contributed by atoms with Crippen molar-refractivity contribution >= 4 is 23.2 Å². The molecular formula is C21H30N4O3. The van der Waals surface area contributed by atoms with Crippen LogP contribution in [0.4, 0.5) is 21.9 Å². The summed E-state index contributed by atoms with van der Waals surface area (Å²) in [5.74, 6) is 1.76. The third-order valence-electron chi connectivity index (χ3n) is 4.60. The molecule has 0 unspecified atom stereocenters. The molecule has 0 bridgehead atoms. The molecule has 0 radical (unpaired) electrons.